The second-order valence-corrected chi connectivity index (χ2v) is 7.83. The molecular formula is C23H33N3O2. The third-order valence-corrected chi connectivity index (χ3v) is 6.01. The number of nitrogens with zero attached hydrogens (tertiary/aromatic N) is 2. The minimum atomic E-state index is -0.233. The van der Waals surface area contributed by atoms with Crippen LogP contribution in [0.3, 0.4) is 0 Å². The molecule has 152 valence electrons. The molecule has 2 aliphatic rings. The fourth-order valence-corrected chi connectivity index (χ4v) is 4.22. The molecule has 2 heterocycles. The predicted molar refractivity (Wildman–Crippen MR) is 114 cm³/mol. The van der Waals surface area contributed by atoms with Crippen LogP contribution in [0.5, 0.6) is 5.75 Å². The van der Waals surface area contributed by atoms with Crippen molar-refractivity contribution in [2.75, 3.05) is 27.2 Å². The Morgan fingerprint density at radius 3 is 2.96 bits per heavy atom. The first kappa shape index (κ1) is 20.5. The van der Waals surface area contributed by atoms with Gasteiger partial charge in [-0.05, 0) is 63.0 Å². The minimum absolute atomic E-state index is 0.0209. The summed E-state index contributed by atoms with van der Waals surface area (Å²) in [6, 6.07) is 6.46. The number of carbonyl (C=O) groups excluding carboxylic acids is 1. The molecule has 2 aliphatic heterocycles. The summed E-state index contributed by atoms with van der Waals surface area (Å²) in [6.45, 7) is 10.6. The highest BCUT2D eigenvalue weighted by atomic mass is 16.5. The Morgan fingerprint density at radius 1 is 1.43 bits per heavy atom. The number of carbonyl (C=O) groups is 1. The second kappa shape index (κ2) is 9.28. The fraction of sp³-hybridized carbons (Fsp3) is 0.522. The van der Waals surface area contributed by atoms with E-state index in [2.05, 4.69) is 47.5 Å². The molecule has 5 heteroatoms. The molecule has 0 aromatic heterocycles. The highest BCUT2D eigenvalue weighted by Gasteiger charge is 2.32. The smallest absolute Gasteiger partial charge is 0.242 e. The third-order valence-electron chi connectivity index (χ3n) is 6.01. The van der Waals surface area contributed by atoms with Crippen LogP contribution in [-0.4, -0.2) is 55.0 Å². The van der Waals surface area contributed by atoms with Crippen LogP contribution in [0, 0.1) is 0 Å². The predicted octanol–water partition coefficient (Wildman–Crippen LogP) is 3.42. The number of rotatable bonds is 8. The van der Waals surface area contributed by atoms with Gasteiger partial charge in [0.15, 0.2) is 0 Å². The average Bonchev–Trinajstić information content (AvgIpc) is 3.03. The molecule has 0 saturated carbocycles. The van der Waals surface area contributed by atoms with Gasteiger partial charge in [-0.2, -0.15) is 0 Å². The molecule has 2 atom stereocenters. The van der Waals surface area contributed by atoms with E-state index >= 15 is 0 Å². The summed E-state index contributed by atoms with van der Waals surface area (Å²) >= 11 is 0. The highest BCUT2D eigenvalue weighted by molar-refractivity contribution is 5.84. The zero-order chi connectivity index (χ0) is 20.1. The molecular weight excluding hydrogens is 350 g/mol. The Kier molecular flexibility index (Phi) is 6.79. The third kappa shape index (κ3) is 4.41. The van der Waals surface area contributed by atoms with E-state index in [0.29, 0.717) is 12.6 Å². The summed E-state index contributed by atoms with van der Waals surface area (Å²) in [5.41, 5.74) is 3.19. The van der Waals surface area contributed by atoms with Gasteiger partial charge in [0, 0.05) is 30.9 Å². The molecule has 2 unspecified atom stereocenters. The Balaban J connectivity index is 1.68. The van der Waals surface area contributed by atoms with Crippen molar-refractivity contribution >= 4 is 11.6 Å². The molecule has 0 bridgehead atoms. The maximum Gasteiger partial charge on any atom is 0.242 e. The summed E-state index contributed by atoms with van der Waals surface area (Å²) in [6.07, 6.45) is 7.14. The van der Waals surface area contributed by atoms with Crippen LogP contribution in [0.4, 0.5) is 0 Å². The van der Waals surface area contributed by atoms with Gasteiger partial charge in [-0.15, -0.1) is 6.58 Å². The van der Waals surface area contributed by atoms with E-state index in [-0.39, 0.29) is 11.9 Å². The van der Waals surface area contributed by atoms with E-state index in [1.807, 2.05) is 12.1 Å². The Hall–Kier alpha value is -2.27. The molecule has 1 saturated heterocycles. The van der Waals surface area contributed by atoms with Crippen molar-refractivity contribution < 1.29 is 9.53 Å². The number of amides is 1. The summed E-state index contributed by atoms with van der Waals surface area (Å²) in [5.74, 6) is 0.919. The Labute approximate surface area is 169 Å². The molecule has 1 N–H and O–H groups in total. The Morgan fingerprint density at radius 2 is 2.25 bits per heavy atom. The molecule has 0 radical (unpaired) electrons. The molecule has 28 heavy (non-hydrogen) atoms. The lowest BCUT2D eigenvalue weighted by atomic mass is 10.0. The first-order valence-corrected chi connectivity index (χ1v) is 10.3. The van der Waals surface area contributed by atoms with Gasteiger partial charge < -0.3 is 19.9 Å². The number of fused-ring (bicyclic) bond motifs is 1. The van der Waals surface area contributed by atoms with E-state index in [4.69, 9.17) is 4.74 Å². The monoisotopic (exact) mass is 383 g/mol. The van der Waals surface area contributed by atoms with Crippen molar-refractivity contribution in [1.29, 1.82) is 0 Å². The van der Waals surface area contributed by atoms with Gasteiger partial charge in [0.1, 0.15) is 18.4 Å². The van der Waals surface area contributed by atoms with E-state index in [0.717, 1.165) is 43.0 Å². The number of hydrogen-bond donors (Lipinski definition) is 1. The maximum absolute atomic E-state index is 12.4. The van der Waals surface area contributed by atoms with Crippen LogP contribution in [0.15, 0.2) is 37.4 Å². The van der Waals surface area contributed by atoms with Crippen LogP contribution < -0.4 is 10.1 Å². The molecule has 1 aromatic carbocycles. The second-order valence-electron chi connectivity index (χ2n) is 7.83. The van der Waals surface area contributed by atoms with E-state index in [1.165, 1.54) is 24.8 Å². The molecule has 3 rings (SSSR count). The van der Waals surface area contributed by atoms with Crippen molar-refractivity contribution in [2.24, 2.45) is 0 Å². The van der Waals surface area contributed by atoms with Crippen LogP contribution in [0.2, 0.25) is 0 Å². The Bertz CT molecular complexity index is 731. The SMILES string of the molecule is C=CCCC(C(=O)NC)N1Cc2cc(OCC3CCCCN3C)ccc2C1=C. The first-order valence-electron chi connectivity index (χ1n) is 10.3. The zero-order valence-electron chi connectivity index (χ0n) is 17.2. The number of likely N-dealkylation sites (tertiary alicyclic amines) is 1. The summed E-state index contributed by atoms with van der Waals surface area (Å²) in [7, 11) is 3.86. The molecule has 5 nitrogen and oxygen atoms in total. The van der Waals surface area contributed by atoms with Crippen LogP contribution in [0.25, 0.3) is 5.70 Å². The number of ether oxygens (including phenoxy) is 1. The van der Waals surface area contributed by atoms with Crippen LogP contribution in [-0.2, 0) is 11.3 Å². The maximum atomic E-state index is 12.4. The van der Waals surface area contributed by atoms with Gasteiger partial charge >= 0.3 is 0 Å². The zero-order valence-corrected chi connectivity index (χ0v) is 17.2. The van der Waals surface area contributed by atoms with Crippen molar-refractivity contribution in [1.82, 2.24) is 15.1 Å². The summed E-state index contributed by atoms with van der Waals surface area (Å²) in [4.78, 5) is 16.9. The van der Waals surface area contributed by atoms with Crippen LogP contribution >= 0.6 is 0 Å². The largest absolute Gasteiger partial charge is 0.492 e. The van der Waals surface area contributed by atoms with E-state index < -0.39 is 0 Å². The van der Waals surface area contributed by atoms with Gasteiger partial charge in [0.2, 0.25) is 5.91 Å². The molecule has 0 aliphatic carbocycles. The van der Waals surface area contributed by atoms with Gasteiger partial charge in [-0.3, -0.25) is 4.79 Å². The number of likely N-dealkylation sites (N-methyl/N-ethyl adjacent to an activating group) is 2. The number of allylic oxidation sites excluding steroid dienone is 1. The van der Waals surface area contributed by atoms with Crippen LogP contribution in [0.1, 0.15) is 43.2 Å². The quantitative estimate of drug-likeness (QED) is 0.699. The van der Waals surface area contributed by atoms with Crippen molar-refractivity contribution in [3.05, 3.63) is 48.6 Å². The normalized spacial score (nSPS) is 20.6. The number of hydrogen-bond acceptors (Lipinski definition) is 4. The fourth-order valence-electron chi connectivity index (χ4n) is 4.22. The lowest BCUT2D eigenvalue weighted by Crippen LogP contribution is -2.42. The van der Waals surface area contributed by atoms with E-state index in [1.54, 1.807) is 7.05 Å². The number of benzene rings is 1. The van der Waals surface area contributed by atoms with E-state index in [9.17, 15) is 4.79 Å². The van der Waals surface area contributed by atoms with Crippen molar-refractivity contribution in [3.63, 3.8) is 0 Å². The molecule has 0 spiro atoms. The van der Waals surface area contributed by atoms with Gasteiger partial charge in [-0.1, -0.05) is 19.1 Å². The number of piperidine rings is 1. The minimum Gasteiger partial charge on any atom is -0.492 e. The lowest BCUT2D eigenvalue weighted by Gasteiger charge is -2.32. The first-order chi connectivity index (χ1) is 13.5. The van der Waals surface area contributed by atoms with Crippen molar-refractivity contribution in [3.8, 4) is 5.75 Å². The summed E-state index contributed by atoms with van der Waals surface area (Å²) in [5, 5.41) is 2.78. The average molecular weight is 384 g/mol. The number of nitrogens with one attached hydrogen (secondary N) is 1. The van der Waals surface area contributed by atoms with Crippen molar-refractivity contribution in [2.45, 2.75) is 50.7 Å². The van der Waals surface area contributed by atoms with Gasteiger partial charge in [0.05, 0.1) is 0 Å². The van der Waals surface area contributed by atoms with Gasteiger partial charge in [-0.25, -0.2) is 0 Å². The summed E-state index contributed by atoms with van der Waals surface area (Å²) < 4.78 is 6.12. The molecule has 1 amide bonds. The molecule has 1 fully saturated rings. The molecule has 1 aromatic rings. The lowest BCUT2D eigenvalue weighted by molar-refractivity contribution is -0.125. The topological polar surface area (TPSA) is 44.8 Å². The van der Waals surface area contributed by atoms with Gasteiger partial charge in [0.25, 0.3) is 0 Å². The standard InChI is InChI=1S/C23H33N3O2/c1-5-6-10-22(23(27)24-3)26-15-18-14-20(11-12-21(18)17(26)2)28-16-19-9-7-8-13-25(19)4/h5,11-12,14,19,22H,1-2,6-10,13,15-16H2,3-4H3,(H,24,27). The highest BCUT2D eigenvalue weighted by Crippen LogP contribution is 2.36.